The second kappa shape index (κ2) is 6.51. The summed E-state index contributed by atoms with van der Waals surface area (Å²) < 4.78 is 13.5. The third-order valence-electron chi connectivity index (χ3n) is 5.13. The monoisotopic (exact) mass is 332 g/mol. The zero-order valence-corrected chi connectivity index (χ0v) is 16.7. The zero-order chi connectivity index (χ0) is 16.1. The van der Waals surface area contributed by atoms with Crippen molar-refractivity contribution in [3.63, 3.8) is 0 Å². The molecule has 119 valence electrons. The van der Waals surface area contributed by atoms with Gasteiger partial charge in [-0.1, -0.05) is 6.07 Å². The maximum absolute atomic E-state index is 13.5. The van der Waals surface area contributed by atoms with Crippen molar-refractivity contribution in [2.75, 3.05) is 11.4 Å². The molecule has 4 rings (SSSR count). The standard InChI is InChI=1S/C19H20FN3.Na/c1-11-12(2)22-18-16(11)6-8-21-19(18)23-9-7-14-10-15(20)4-5-17(14)13(23)3;/h4-6,8,10,13,22H,7,9H2,1-3H3;. The molecule has 0 amide bonds. The van der Waals surface area contributed by atoms with E-state index in [0.29, 0.717) is 0 Å². The summed E-state index contributed by atoms with van der Waals surface area (Å²) in [4.78, 5) is 10.4. The van der Waals surface area contributed by atoms with E-state index in [9.17, 15) is 4.39 Å². The fourth-order valence-corrected chi connectivity index (χ4v) is 3.68. The summed E-state index contributed by atoms with van der Waals surface area (Å²) in [5.41, 5.74) is 5.85. The molecule has 3 heterocycles. The smallest absolute Gasteiger partial charge is 0.153 e. The average Bonchev–Trinajstić information content (AvgIpc) is 2.83. The molecule has 1 aromatic carbocycles. The molecule has 0 saturated carbocycles. The van der Waals surface area contributed by atoms with E-state index >= 15 is 0 Å². The van der Waals surface area contributed by atoms with Gasteiger partial charge in [-0.15, -0.1) is 0 Å². The number of hydrogen-bond acceptors (Lipinski definition) is 2. The summed E-state index contributed by atoms with van der Waals surface area (Å²) in [6.45, 7) is 7.24. The molecule has 1 atom stereocenters. The van der Waals surface area contributed by atoms with Crippen LogP contribution in [0.5, 0.6) is 0 Å². The van der Waals surface area contributed by atoms with Crippen molar-refractivity contribution in [1.82, 2.24) is 9.97 Å². The van der Waals surface area contributed by atoms with Gasteiger partial charge in [0, 0.05) is 53.4 Å². The number of nitrogens with one attached hydrogen (secondary N) is 1. The molecule has 24 heavy (non-hydrogen) atoms. The third kappa shape index (κ3) is 2.67. The Morgan fingerprint density at radius 3 is 2.83 bits per heavy atom. The maximum Gasteiger partial charge on any atom is 0.153 e. The largest absolute Gasteiger partial charge is 0.355 e. The summed E-state index contributed by atoms with van der Waals surface area (Å²) in [7, 11) is 0. The van der Waals surface area contributed by atoms with E-state index < -0.39 is 0 Å². The van der Waals surface area contributed by atoms with Crippen molar-refractivity contribution in [3.05, 3.63) is 58.7 Å². The Morgan fingerprint density at radius 2 is 2.04 bits per heavy atom. The van der Waals surface area contributed by atoms with Gasteiger partial charge in [-0.05, 0) is 62.1 Å². The average molecular weight is 332 g/mol. The second-order valence-electron chi connectivity index (χ2n) is 6.39. The van der Waals surface area contributed by atoms with Crippen molar-refractivity contribution in [2.24, 2.45) is 0 Å². The zero-order valence-electron chi connectivity index (χ0n) is 14.7. The first-order valence-corrected chi connectivity index (χ1v) is 8.05. The molecule has 0 aliphatic carbocycles. The molecular formula is C19H20FN3Na. The minimum absolute atomic E-state index is 0. The van der Waals surface area contributed by atoms with Gasteiger partial charge in [0.05, 0.1) is 11.6 Å². The predicted octanol–water partition coefficient (Wildman–Crippen LogP) is 4.06. The summed E-state index contributed by atoms with van der Waals surface area (Å²) in [6.07, 6.45) is 2.72. The van der Waals surface area contributed by atoms with Gasteiger partial charge in [0.25, 0.3) is 0 Å². The van der Waals surface area contributed by atoms with Crippen LogP contribution in [0.25, 0.3) is 10.9 Å². The molecule has 3 nitrogen and oxygen atoms in total. The fourth-order valence-electron chi connectivity index (χ4n) is 3.68. The Balaban J connectivity index is 0.00000169. The molecule has 1 aliphatic rings. The molecule has 0 bridgehead atoms. The number of fused-ring (bicyclic) bond motifs is 2. The Bertz CT molecular complexity index is 903. The van der Waals surface area contributed by atoms with Crippen LogP contribution in [-0.2, 0) is 6.42 Å². The first kappa shape index (κ1) is 17.5. The van der Waals surface area contributed by atoms with Crippen molar-refractivity contribution in [1.29, 1.82) is 0 Å². The number of benzene rings is 1. The number of H-pyrrole nitrogens is 1. The summed E-state index contributed by atoms with van der Waals surface area (Å²) in [5.74, 6) is 0.835. The molecule has 2 aromatic heterocycles. The maximum atomic E-state index is 13.5. The number of pyridine rings is 1. The topological polar surface area (TPSA) is 31.9 Å². The third-order valence-corrected chi connectivity index (χ3v) is 5.13. The normalized spacial score (nSPS) is 16.8. The van der Waals surface area contributed by atoms with Gasteiger partial charge in [0.1, 0.15) is 5.82 Å². The molecule has 1 unspecified atom stereocenters. The van der Waals surface area contributed by atoms with Crippen molar-refractivity contribution in [2.45, 2.75) is 33.2 Å². The van der Waals surface area contributed by atoms with Crippen LogP contribution in [0, 0.1) is 19.7 Å². The van der Waals surface area contributed by atoms with Gasteiger partial charge in [0.15, 0.2) is 5.82 Å². The van der Waals surface area contributed by atoms with E-state index in [0.717, 1.165) is 29.9 Å². The van der Waals surface area contributed by atoms with Crippen LogP contribution in [0.3, 0.4) is 0 Å². The molecule has 5 heteroatoms. The minimum Gasteiger partial charge on any atom is -0.355 e. The number of halogens is 1. The van der Waals surface area contributed by atoms with E-state index in [-0.39, 0.29) is 41.4 Å². The summed E-state index contributed by atoms with van der Waals surface area (Å²) in [5, 5.41) is 1.23. The number of hydrogen-bond donors (Lipinski definition) is 1. The number of aromatic amines is 1. The van der Waals surface area contributed by atoms with Crippen LogP contribution in [0.2, 0.25) is 0 Å². The molecule has 3 aromatic rings. The number of aromatic nitrogens is 2. The van der Waals surface area contributed by atoms with Crippen molar-refractivity contribution >= 4 is 46.3 Å². The van der Waals surface area contributed by atoms with Crippen LogP contribution in [0.1, 0.15) is 35.3 Å². The van der Waals surface area contributed by atoms with Crippen LogP contribution < -0.4 is 4.90 Å². The van der Waals surface area contributed by atoms with E-state index in [2.05, 4.69) is 41.7 Å². The first-order chi connectivity index (χ1) is 11.1. The number of rotatable bonds is 1. The SMILES string of the molecule is Cc1[nH]c2c(N3CCc4cc(F)ccc4C3C)nccc2c1C.[Na]. The van der Waals surface area contributed by atoms with Crippen molar-refractivity contribution < 1.29 is 4.39 Å². The number of nitrogens with zero attached hydrogens (tertiary/aromatic N) is 2. The Hall–Kier alpha value is -1.36. The fraction of sp³-hybridized carbons (Fsp3) is 0.316. The van der Waals surface area contributed by atoms with Gasteiger partial charge in [-0.3, -0.25) is 0 Å². The Kier molecular flexibility index (Phi) is 4.73. The second-order valence-corrected chi connectivity index (χ2v) is 6.39. The number of anilines is 1. The van der Waals surface area contributed by atoms with E-state index in [1.807, 2.05) is 12.3 Å². The van der Waals surface area contributed by atoms with Gasteiger partial charge in [-0.25, -0.2) is 9.37 Å². The molecule has 1 aliphatic heterocycles. The molecule has 0 fully saturated rings. The molecule has 0 saturated heterocycles. The van der Waals surface area contributed by atoms with Crippen LogP contribution >= 0.6 is 0 Å². The molecule has 1 N–H and O–H groups in total. The quantitative estimate of drug-likeness (QED) is 0.682. The number of aryl methyl sites for hydroxylation is 2. The van der Waals surface area contributed by atoms with E-state index in [4.69, 9.17) is 0 Å². The van der Waals surface area contributed by atoms with Crippen molar-refractivity contribution in [3.8, 4) is 0 Å². The van der Waals surface area contributed by atoms with Crippen LogP contribution in [0.4, 0.5) is 10.2 Å². The Labute approximate surface area is 163 Å². The van der Waals surface area contributed by atoms with Gasteiger partial charge < -0.3 is 9.88 Å². The first-order valence-electron chi connectivity index (χ1n) is 8.05. The summed E-state index contributed by atoms with van der Waals surface area (Å²) >= 11 is 0. The molecule has 1 radical (unpaired) electrons. The van der Waals surface area contributed by atoms with Crippen LogP contribution in [-0.4, -0.2) is 46.1 Å². The molecular weight excluding hydrogens is 312 g/mol. The Morgan fingerprint density at radius 1 is 1.25 bits per heavy atom. The van der Waals surface area contributed by atoms with E-state index in [1.54, 1.807) is 12.1 Å². The minimum atomic E-state index is -0.153. The van der Waals surface area contributed by atoms with E-state index in [1.165, 1.54) is 22.2 Å². The summed E-state index contributed by atoms with van der Waals surface area (Å²) in [6, 6.07) is 7.37. The van der Waals surface area contributed by atoms with Crippen LogP contribution in [0.15, 0.2) is 30.5 Å². The molecule has 0 spiro atoms. The van der Waals surface area contributed by atoms with Gasteiger partial charge in [0.2, 0.25) is 0 Å². The van der Waals surface area contributed by atoms with Gasteiger partial charge >= 0.3 is 0 Å². The van der Waals surface area contributed by atoms with Gasteiger partial charge in [-0.2, -0.15) is 0 Å². The predicted molar refractivity (Wildman–Crippen MR) is 97.2 cm³/mol.